The van der Waals surface area contributed by atoms with Crippen LogP contribution in [0, 0.1) is 0 Å². The molecule has 0 radical (unpaired) electrons. The highest BCUT2D eigenvalue weighted by molar-refractivity contribution is 6.09. The molecule has 2 fully saturated rings. The lowest BCUT2D eigenvalue weighted by molar-refractivity contribution is -0.134. The van der Waals surface area contributed by atoms with E-state index in [1.54, 1.807) is 19.1 Å². The molecule has 2 aliphatic rings. The summed E-state index contributed by atoms with van der Waals surface area (Å²) in [5.74, 6) is -0.883. The monoisotopic (exact) mass is 498 g/mol. The third-order valence-corrected chi connectivity index (χ3v) is 7.24. The van der Waals surface area contributed by atoms with Gasteiger partial charge in [-0.15, -0.1) is 0 Å². The first-order valence-electron chi connectivity index (χ1n) is 12.6. The second-order valence-electron chi connectivity index (χ2n) is 9.83. The topological polar surface area (TPSA) is 98.8 Å². The molecule has 5 amide bonds. The van der Waals surface area contributed by atoms with Gasteiger partial charge in [0.05, 0.1) is 0 Å². The second-order valence-corrected chi connectivity index (χ2v) is 9.83. The number of hydrogen-bond donors (Lipinski definition) is 2. The third kappa shape index (κ3) is 4.91. The Morgan fingerprint density at radius 2 is 1.62 bits per heavy atom. The minimum Gasteiger partial charge on any atom is -0.350 e. The van der Waals surface area contributed by atoms with Gasteiger partial charge < -0.3 is 15.5 Å². The first-order chi connectivity index (χ1) is 17.8. The standard InChI is InChI=1S/C29H30N4O4/c1-29(24-14-13-21-7-3-4-8-23(21)17-24)27(36)33(28(37)31-29)19-25(34)30-18-20-9-11-22(12-10-20)26(35)32-15-5-2-6-16-32/h3-4,7-14,17H,2,5-6,15-16,18-19H2,1H3,(H,30,34)(H,31,37)/t29-/m1/s1. The van der Waals surface area contributed by atoms with Gasteiger partial charge in [0, 0.05) is 25.2 Å². The Hall–Kier alpha value is -4.20. The molecule has 3 aromatic rings. The number of benzene rings is 3. The van der Waals surface area contributed by atoms with Crippen molar-refractivity contribution < 1.29 is 19.2 Å². The lowest BCUT2D eigenvalue weighted by Gasteiger charge is -2.26. The van der Waals surface area contributed by atoms with Crippen LogP contribution >= 0.6 is 0 Å². The zero-order valence-corrected chi connectivity index (χ0v) is 20.8. The van der Waals surface area contributed by atoms with Crippen molar-refractivity contribution in [2.75, 3.05) is 19.6 Å². The number of fused-ring (bicyclic) bond motifs is 1. The van der Waals surface area contributed by atoms with E-state index in [-0.39, 0.29) is 19.0 Å². The first kappa shape index (κ1) is 24.5. The van der Waals surface area contributed by atoms with Crippen LogP contribution in [-0.2, 0) is 21.7 Å². The summed E-state index contributed by atoms with van der Waals surface area (Å²) in [5, 5.41) is 7.51. The summed E-state index contributed by atoms with van der Waals surface area (Å²) in [6.45, 7) is 3.09. The summed E-state index contributed by atoms with van der Waals surface area (Å²) in [6, 6.07) is 20.0. The summed E-state index contributed by atoms with van der Waals surface area (Å²) in [4.78, 5) is 54.0. The molecule has 190 valence electrons. The van der Waals surface area contributed by atoms with Crippen LogP contribution in [0.1, 0.15) is 47.7 Å². The predicted molar refractivity (Wildman–Crippen MR) is 140 cm³/mol. The minimum atomic E-state index is -1.25. The van der Waals surface area contributed by atoms with E-state index in [2.05, 4.69) is 10.6 Å². The summed E-state index contributed by atoms with van der Waals surface area (Å²) >= 11 is 0. The molecular formula is C29H30N4O4. The van der Waals surface area contributed by atoms with E-state index < -0.39 is 23.4 Å². The average Bonchev–Trinajstić information content (AvgIpc) is 3.15. The molecule has 2 heterocycles. The van der Waals surface area contributed by atoms with Gasteiger partial charge in [-0.05, 0) is 66.3 Å². The summed E-state index contributed by atoms with van der Waals surface area (Å²) in [5.41, 5.74) is 0.857. The van der Waals surface area contributed by atoms with Gasteiger partial charge in [-0.2, -0.15) is 0 Å². The molecule has 37 heavy (non-hydrogen) atoms. The van der Waals surface area contributed by atoms with Crippen LogP contribution in [0.15, 0.2) is 66.7 Å². The molecule has 0 spiro atoms. The number of piperidine rings is 1. The molecule has 0 aromatic heterocycles. The summed E-state index contributed by atoms with van der Waals surface area (Å²) in [7, 11) is 0. The number of likely N-dealkylation sites (tertiary alicyclic amines) is 1. The highest BCUT2D eigenvalue weighted by Crippen LogP contribution is 2.31. The lowest BCUT2D eigenvalue weighted by atomic mass is 9.90. The van der Waals surface area contributed by atoms with Crippen molar-refractivity contribution in [1.29, 1.82) is 0 Å². The SMILES string of the molecule is C[C@]1(c2ccc3ccccc3c2)NC(=O)N(CC(=O)NCc2ccc(C(=O)N3CCCCC3)cc2)C1=O. The highest BCUT2D eigenvalue weighted by Gasteiger charge is 2.49. The van der Waals surface area contributed by atoms with Crippen LogP contribution in [-0.4, -0.2) is 53.2 Å². The molecule has 0 unspecified atom stereocenters. The van der Waals surface area contributed by atoms with Crippen LogP contribution in [0.4, 0.5) is 4.79 Å². The van der Waals surface area contributed by atoms with Crippen LogP contribution in [0.2, 0.25) is 0 Å². The van der Waals surface area contributed by atoms with E-state index in [0.717, 1.165) is 53.6 Å². The Kier molecular flexibility index (Phi) is 6.65. The van der Waals surface area contributed by atoms with E-state index in [1.807, 2.05) is 59.5 Å². The smallest absolute Gasteiger partial charge is 0.325 e. The van der Waals surface area contributed by atoms with E-state index in [0.29, 0.717) is 11.1 Å². The van der Waals surface area contributed by atoms with Crippen LogP contribution in [0.5, 0.6) is 0 Å². The molecule has 2 N–H and O–H groups in total. The van der Waals surface area contributed by atoms with Crippen molar-refractivity contribution in [3.8, 4) is 0 Å². The number of urea groups is 1. The fraction of sp³-hybridized carbons (Fsp3) is 0.310. The van der Waals surface area contributed by atoms with E-state index in [1.165, 1.54) is 0 Å². The Morgan fingerprint density at radius 3 is 2.35 bits per heavy atom. The maximum atomic E-state index is 13.2. The first-order valence-corrected chi connectivity index (χ1v) is 12.6. The van der Waals surface area contributed by atoms with Gasteiger partial charge in [-0.1, -0.05) is 48.5 Å². The average molecular weight is 499 g/mol. The van der Waals surface area contributed by atoms with Crippen molar-refractivity contribution in [3.63, 3.8) is 0 Å². The van der Waals surface area contributed by atoms with Gasteiger partial charge >= 0.3 is 6.03 Å². The van der Waals surface area contributed by atoms with Gasteiger partial charge in [0.1, 0.15) is 12.1 Å². The number of carbonyl (C=O) groups is 4. The molecule has 0 aliphatic carbocycles. The molecule has 0 saturated carbocycles. The van der Waals surface area contributed by atoms with Gasteiger partial charge in [0.25, 0.3) is 11.8 Å². The third-order valence-electron chi connectivity index (χ3n) is 7.24. The zero-order valence-electron chi connectivity index (χ0n) is 20.8. The number of nitrogens with one attached hydrogen (secondary N) is 2. The number of imide groups is 1. The number of rotatable bonds is 6. The van der Waals surface area contributed by atoms with Crippen molar-refractivity contribution in [2.45, 2.75) is 38.3 Å². The van der Waals surface area contributed by atoms with Gasteiger partial charge in [-0.3, -0.25) is 19.3 Å². The van der Waals surface area contributed by atoms with E-state index >= 15 is 0 Å². The fourth-order valence-electron chi connectivity index (χ4n) is 4.98. The molecule has 2 aliphatic heterocycles. The van der Waals surface area contributed by atoms with Crippen molar-refractivity contribution in [2.24, 2.45) is 0 Å². The second kappa shape index (κ2) is 10.0. The molecule has 1 atom stereocenters. The van der Waals surface area contributed by atoms with Crippen molar-refractivity contribution in [3.05, 3.63) is 83.4 Å². The lowest BCUT2D eigenvalue weighted by Crippen LogP contribution is -2.43. The molecule has 2 saturated heterocycles. The van der Waals surface area contributed by atoms with Gasteiger partial charge in [0.2, 0.25) is 5.91 Å². The Balaban J connectivity index is 1.19. The number of hydrogen-bond acceptors (Lipinski definition) is 4. The normalized spacial score (nSPS) is 19.7. The number of nitrogens with zero attached hydrogens (tertiary/aromatic N) is 2. The van der Waals surface area contributed by atoms with Crippen LogP contribution in [0.3, 0.4) is 0 Å². The quantitative estimate of drug-likeness (QED) is 0.508. The number of amides is 5. The number of carbonyl (C=O) groups excluding carboxylic acids is 4. The minimum absolute atomic E-state index is 0.0308. The maximum absolute atomic E-state index is 13.2. The summed E-state index contributed by atoms with van der Waals surface area (Å²) in [6.07, 6.45) is 3.24. The molecule has 8 heteroatoms. The van der Waals surface area contributed by atoms with Crippen LogP contribution < -0.4 is 10.6 Å². The fourth-order valence-corrected chi connectivity index (χ4v) is 4.98. The highest BCUT2D eigenvalue weighted by atomic mass is 16.2. The molecular weight excluding hydrogens is 468 g/mol. The van der Waals surface area contributed by atoms with Crippen LogP contribution in [0.25, 0.3) is 10.8 Å². The molecule has 0 bridgehead atoms. The van der Waals surface area contributed by atoms with Crippen molar-refractivity contribution >= 4 is 34.5 Å². The van der Waals surface area contributed by atoms with E-state index in [4.69, 9.17) is 0 Å². The largest absolute Gasteiger partial charge is 0.350 e. The summed E-state index contributed by atoms with van der Waals surface area (Å²) < 4.78 is 0. The van der Waals surface area contributed by atoms with Gasteiger partial charge in [0.15, 0.2) is 0 Å². The molecule has 3 aromatic carbocycles. The Labute approximate surface area is 215 Å². The Morgan fingerprint density at radius 1 is 0.919 bits per heavy atom. The van der Waals surface area contributed by atoms with Crippen molar-refractivity contribution in [1.82, 2.24) is 20.4 Å². The molecule has 5 rings (SSSR count). The Bertz CT molecular complexity index is 1360. The predicted octanol–water partition coefficient (Wildman–Crippen LogP) is 3.55. The maximum Gasteiger partial charge on any atom is 0.325 e. The van der Waals surface area contributed by atoms with E-state index in [9.17, 15) is 19.2 Å². The zero-order chi connectivity index (χ0) is 26.0. The van der Waals surface area contributed by atoms with Gasteiger partial charge in [-0.25, -0.2) is 4.79 Å². The molecule has 8 nitrogen and oxygen atoms in total.